The van der Waals surface area contributed by atoms with Crippen LogP contribution in [0.2, 0.25) is 0 Å². The summed E-state index contributed by atoms with van der Waals surface area (Å²) in [6, 6.07) is 0.461. The molecule has 0 aromatic rings. The van der Waals surface area contributed by atoms with Crippen LogP contribution in [-0.2, 0) is 4.79 Å². The van der Waals surface area contributed by atoms with Crippen LogP contribution >= 0.6 is 0 Å². The SMILES string of the molecule is CC[C@@H]1NC(=O)[C@H]1C. The zero-order chi connectivity index (χ0) is 6.15. The smallest absolute Gasteiger partial charge is 0.225 e. The molecule has 0 saturated carbocycles. The van der Waals surface area contributed by atoms with E-state index in [9.17, 15) is 4.79 Å². The van der Waals surface area contributed by atoms with Gasteiger partial charge in [-0.1, -0.05) is 13.8 Å². The van der Waals surface area contributed by atoms with Crippen LogP contribution in [0, 0.1) is 5.92 Å². The highest BCUT2D eigenvalue weighted by Crippen LogP contribution is 2.15. The molecule has 1 amide bonds. The maximum Gasteiger partial charge on any atom is 0.225 e. The van der Waals surface area contributed by atoms with Gasteiger partial charge in [0.2, 0.25) is 5.91 Å². The van der Waals surface area contributed by atoms with Crippen molar-refractivity contribution in [2.45, 2.75) is 26.3 Å². The third-order valence-electron chi connectivity index (χ3n) is 1.78. The van der Waals surface area contributed by atoms with E-state index in [0.29, 0.717) is 6.04 Å². The molecule has 46 valence electrons. The number of nitrogens with one attached hydrogen (secondary N) is 1. The average molecular weight is 113 g/mol. The van der Waals surface area contributed by atoms with Crippen molar-refractivity contribution in [1.29, 1.82) is 0 Å². The minimum absolute atomic E-state index is 0.205. The molecule has 1 N–H and O–H groups in total. The van der Waals surface area contributed by atoms with E-state index in [4.69, 9.17) is 0 Å². The lowest BCUT2D eigenvalue weighted by atomic mass is 9.91. The lowest BCUT2D eigenvalue weighted by molar-refractivity contribution is -0.134. The quantitative estimate of drug-likeness (QED) is 0.494. The van der Waals surface area contributed by atoms with Gasteiger partial charge in [-0.25, -0.2) is 0 Å². The summed E-state index contributed by atoms with van der Waals surface area (Å²) in [4.78, 5) is 10.5. The number of carbonyl (C=O) groups is 1. The Morgan fingerprint density at radius 1 is 1.75 bits per heavy atom. The third kappa shape index (κ3) is 0.602. The largest absolute Gasteiger partial charge is 0.352 e. The van der Waals surface area contributed by atoms with Crippen LogP contribution in [0.1, 0.15) is 20.3 Å². The van der Waals surface area contributed by atoms with Gasteiger partial charge in [-0.05, 0) is 6.42 Å². The molecule has 2 nitrogen and oxygen atoms in total. The van der Waals surface area contributed by atoms with Crippen molar-refractivity contribution >= 4 is 5.91 Å². The fourth-order valence-corrected chi connectivity index (χ4v) is 0.981. The van der Waals surface area contributed by atoms with Gasteiger partial charge in [0.1, 0.15) is 0 Å². The fourth-order valence-electron chi connectivity index (χ4n) is 0.981. The number of hydrogen-bond acceptors (Lipinski definition) is 1. The lowest BCUT2D eigenvalue weighted by Crippen LogP contribution is -2.56. The minimum atomic E-state index is 0.205. The predicted molar refractivity (Wildman–Crippen MR) is 31.4 cm³/mol. The Morgan fingerprint density at radius 3 is 2.50 bits per heavy atom. The monoisotopic (exact) mass is 113 g/mol. The van der Waals surface area contributed by atoms with Crippen molar-refractivity contribution in [2.75, 3.05) is 0 Å². The summed E-state index contributed by atoms with van der Waals surface area (Å²) >= 11 is 0. The standard InChI is InChI=1S/C6H11NO/c1-3-5-4(2)6(8)7-5/h4-5H,3H2,1-2H3,(H,7,8)/t4-,5-/m0/s1. The Kier molecular flexibility index (Phi) is 1.24. The summed E-state index contributed by atoms with van der Waals surface area (Å²) in [5, 5.41) is 2.80. The minimum Gasteiger partial charge on any atom is -0.352 e. The summed E-state index contributed by atoms with van der Waals surface area (Å²) in [5.41, 5.74) is 0. The predicted octanol–water partition coefficient (Wildman–Crippen LogP) is 0.531. The molecule has 0 spiro atoms. The number of rotatable bonds is 1. The maximum atomic E-state index is 10.5. The first kappa shape index (κ1) is 5.60. The Labute approximate surface area is 49.3 Å². The molecule has 1 aliphatic rings. The van der Waals surface area contributed by atoms with Gasteiger partial charge in [0, 0.05) is 6.04 Å². The van der Waals surface area contributed by atoms with E-state index in [1.165, 1.54) is 0 Å². The van der Waals surface area contributed by atoms with Gasteiger partial charge in [0.25, 0.3) is 0 Å². The second-order valence-electron chi connectivity index (χ2n) is 2.31. The molecule has 1 saturated heterocycles. The second-order valence-corrected chi connectivity index (χ2v) is 2.31. The van der Waals surface area contributed by atoms with Gasteiger partial charge in [-0.15, -0.1) is 0 Å². The number of β-lactam (4-membered cyclic amide) rings is 1. The van der Waals surface area contributed by atoms with E-state index in [1.54, 1.807) is 0 Å². The Hall–Kier alpha value is -0.530. The number of amides is 1. The first-order valence-electron chi connectivity index (χ1n) is 3.06. The van der Waals surface area contributed by atoms with Gasteiger partial charge in [-0.2, -0.15) is 0 Å². The number of hydrogen-bond donors (Lipinski definition) is 1. The first-order chi connectivity index (χ1) is 3.75. The molecule has 0 unspecified atom stereocenters. The van der Waals surface area contributed by atoms with E-state index < -0.39 is 0 Å². The van der Waals surface area contributed by atoms with Crippen LogP contribution in [0.4, 0.5) is 0 Å². The highest BCUT2D eigenvalue weighted by atomic mass is 16.2. The molecule has 1 aliphatic heterocycles. The summed E-state index contributed by atoms with van der Waals surface area (Å²) in [6.45, 7) is 4.05. The Balaban J connectivity index is 2.35. The molecule has 0 aliphatic carbocycles. The third-order valence-corrected chi connectivity index (χ3v) is 1.78. The summed E-state index contributed by atoms with van der Waals surface area (Å²) < 4.78 is 0. The molecule has 0 radical (unpaired) electrons. The normalized spacial score (nSPS) is 36.0. The van der Waals surface area contributed by atoms with Crippen molar-refractivity contribution in [1.82, 2.24) is 5.32 Å². The van der Waals surface area contributed by atoms with E-state index >= 15 is 0 Å². The molecule has 1 rings (SSSR count). The van der Waals surface area contributed by atoms with Gasteiger partial charge >= 0.3 is 0 Å². The van der Waals surface area contributed by atoms with E-state index in [2.05, 4.69) is 12.2 Å². The topological polar surface area (TPSA) is 29.1 Å². The summed E-state index contributed by atoms with van der Waals surface area (Å²) in [5.74, 6) is 0.469. The Bertz CT molecular complexity index is 111. The second kappa shape index (κ2) is 1.77. The van der Waals surface area contributed by atoms with Crippen LogP contribution in [-0.4, -0.2) is 11.9 Å². The molecular weight excluding hydrogens is 102 g/mol. The van der Waals surface area contributed by atoms with Gasteiger partial charge < -0.3 is 5.32 Å². The summed E-state index contributed by atoms with van der Waals surface area (Å²) in [7, 11) is 0. The molecule has 0 aromatic carbocycles. The van der Waals surface area contributed by atoms with Gasteiger partial charge in [0.05, 0.1) is 5.92 Å². The maximum absolute atomic E-state index is 10.5. The molecule has 2 atom stereocenters. The number of carbonyl (C=O) groups excluding carboxylic acids is 1. The average Bonchev–Trinajstić information content (AvgIpc) is 1.81. The molecule has 1 heterocycles. The first-order valence-corrected chi connectivity index (χ1v) is 3.06. The molecule has 0 bridgehead atoms. The van der Waals surface area contributed by atoms with Crippen LogP contribution in [0.5, 0.6) is 0 Å². The molecule has 8 heavy (non-hydrogen) atoms. The lowest BCUT2D eigenvalue weighted by Gasteiger charge is -2.33. The van der Waals surface area contributed by atoms with E-state index in [-0.39, 0.29) is 11.8 Å². The highest BCUT2D eigenvalue weighted by molar-refractivity contribution is 5.85. The zero-order valence-corrected chi connectivity index (χ0v) is 5.27. The van der Waals surface area contributed by atoms with Gasteiger partial charge in [-0.3, -0.25) is 4.79 Å². The van der Waals surface area contributed by atoms with Crippen molar-refractivity contribution in [3.8, 4) is 0 Å². The van der Waals surface area contributed by atoms with E-state index in [1.807, 2.05) is 6.92 Å². The highest BCUT2D eigenvalue weighted by Gasteiger charge is 2.32. The van der Waals surface area contributed by atoms with Crippen molar-refractivity contribution < 1.29 is 4.79 Å². The summed E-state index contributed by atoms with van der Waals surface area (Å²) in [6.07, 6.45) is 1.06. The van der Waals surface area contributed by atoms with Crippen LogP contribution in [0.15, 0.2) is 0 Å². The molecule has 0 aromatic heterocycles. The Morgan fingerprint density at radius 2 is 2.38 bits per heavy atom. The molecule has 1 fully saturated rings. The van der Waals surface area contributed by atoms with Crippen molar-refractivity contribution in [3.63, 3.8) is 0 Å². The van der Waals surface area contributed by atoms with Crippen LogP contribution < -0.4 is 5.32 Å². The van der Waals surface area contributed by atoms with Gasteiger partial charge in [0.15, 0.2) is 0 Å². The van der Waals surface area contributed by atoms with Crippen molar-refractivity contribution in [3.05, 3.63) is 0 Å². The molecule has 2 heteroatoms. The van der Waals surface area contributed by atoms with E-state index in [0.717, 1.165) is 6.42 Å². The van der Waals surface area contributed by atoms with Crippen LogP contribution in [0.25, 0.3) is 0 Å². The zero-order valence-electron chi connectivity index (χ0n) is 5.27. The fraction of sp³-hybridized carbons (Fsp3) is 0.833. The molecular formula is C6H11NO. The van der Waals surface area contributed by atoms with Crippen LogP contribution in [0.3, 0.4) is 0 Å². The van der Waals surface area contributed by atoms with Crippen molar-refractivity contribution in [2.24, 2.45) is 5.92 Å².